The van der Waals surface area contributed by atoms with E-state index in [2.05, 4.69) is 88.4 Å². The fourth-order valence-corrected chi connectivity index (χ4v) is 3.66. The summed E-state index contributed by atoms with van der Waals surface area (Å²) in [5.41, 5.74) is 6.44. The normalized spacial score (nSPS) is 15.5. The summed E-state index contributed by atoms with van der Waals surface area (Å²) in [5.74, 6) is 0. The number of rotatable bonds is 0. The highest BCUT2D eigenvalue weighted by Gasteiger charge is 2.25. The van der Waals surface area contributed by atoms with E-state index in [4.69, 9.17) is 0 Å². The maximum absolute atomic E-state index is 2.43. The minimum Gasteiger partial charge on any atom is -0.334 e. The zero-order valence-electron chi connectivity index (χ0n) is 12.8. The van der Waals surface area contributed by atoms with Gasteiger partial charge in [-0.1, -0.05) is 36.4 Å². The van der Waals surface area contributed by atoms with Gasteiger partial charge in [-0.25, -0.2) is 0 Å². The van der Waals surface area contributed by atoms with Crippen molar-refractivity contribution in [3.05, 3.63) is 83.7 Å². The molecule has 0 aliphatic carbocycles. The van der Waals surface area contributed by atoms with Crippen molar-refractivity contribution in [2.24, 2.45) is 0 Å². The summed E-state index contributed by atoms with van der Waals surface area (Å²) in [5, 5.41) is 1.30. The van der Waals surface area contributed by atoms with Gasteiger partial charge in [-0.3, -0.25) is 0 Å². The molecule has 0 atom stereocenters. The van der Waals surface area contributed by atoms with Crippen molar-refractivity contribution >= 4 is 28.7 Å². The molecule has 2 aliphatic heterocycles. The third-order valence-corrected chi connectivity index (χ3v) is 4.79. The van der Waals surface area contributed by atoms with Crippen LogP contribution in [0.15, 0.2) is 72.4 Å². The molecule has 2 aromatic carbocycles. The predicted octanol–water partition coefficient (Wildman–Crippen LogP) is 4.02. The van der Waals surface area contributed by atoms with Crippen LogP contribution in [0.5, 0.6) is 0 Å². The zero-order chi connectivity index (χ0) is 15.2. The van der Waals surface area contributed by atoms with Crippen LogP contribution in [0.2, 0.25) is 0 Å². The Balaban J connectivity index is 1.70. The lowest BCUT2D eigenvalue weighted by Gasteiger charge is -2.28. The van der Waals surface area contributed by atoms with E-state index in [1.165, 1.54) is 33.5 Å². The number of hydrogen-bond acceptors (Lipinski definition) is 1. The molecule has 0 radical (unpaired) electrons. The molecule has 0 saturated carbocycles. The van der Waals surface area contributed by atoms with Crippen molar-refractivity contribution in [1.29, 1.82) is 0 Å². The zero-order valence-corrected chi connectivity index (χ0v) is 12.8. The quantitative estimate of drug-likeness (QED) is 0.569. The Bertz CT molecular complexity index is 982. The van der Waals surface area contributed by atoms with Crippen molar-refractivity contribution in [1.82, 2.24) is 0 Å². The van der Waals surface area contributed by atoms with Gasteiger partial charge in [0.2, 0.25) is 11.2 Å². The Morgan fingerprint density at radius 2 is 1.70 bits per heavy atom. The molecule has 5 rings (SSSR count). The minimum atomic E-state index is 0.985. The van der Waals surface area contributed by atoms with Crippen LogP contribution in [0.1, 0.15) is 11.3 Å². The summed E-state index contributed by atoms with van der Waals surface area (Å²) in [6.07, 6.45) is 6.74. The Morgan fingerprint density at radius 3 is 2.70 bits per heavy atom. The van der Waals surface area contributed by atoms with Crippen LogP contribution in [-0.4, -0.2) is 6.54 Å². The monoisotopic (exact) mass is 297 g/mol. The number of fused-ring (bicyclic) bond motifs is 6. The highest BCUT2D eigenvalue weighted by Crippen LogP contribution is 2.32. The van der Waals surface area contributed by atoms with E-state index in [1.54, 1.807) is 0 Å². The summed E-state index contributed by atoms with van der Waals surface area (Å²) >= 11 is 0. The molecule has 0 amide bonds. The van der Waals surface area contributed by atoms with Crippen LogP contribution in [-0.2, 0) is 6.54 Å². The van der Waals surface area contributed by atoms with E-state index in [1.807, 2.05) is 0 Å². The lowest BCUT2D eigenvalue weighted by atomic mass is 10.1. The average Bonchev–Trinajstić information content (AvgIpc) is 2.81. The second-order valence-corrected chi connectivity index (χ2v) is 6.08. The molecule has 0 N–H and O–H groups in total. The van der Waals surface area contributed by atoms with Crippen molar-refractivity contribution in [3.8, 4) is 0 Å². The molecule has 0 spiro atoms. The lowest BCUT2D eigenvalue weighted by Crippen LogP contribution is -2.41. The van der Waals surface area contributed by atoms with E-state index in [-0.39, 0.29) is 0 Å². The largest absolute Gasteiger partial charge is 0.334 e. The molecule has 110 valence electrons. The Morgan fingerprint density at radius 1 is 0.826 bits per heavy atom. The van der Waals surface area contributed by atoms with Gasteiger partial charge in [-0.2, -0.15) is 4.57 Å². The van der Waals surface area contributed by atoms with Crippen LogP contribution < -0.4 is 9.47 Å². The molecule has 2 heteroatoms. The number of benzene rings is 2. The van der Waals surface area contributed by atoms with E-state index >= 15 is 0 Å². The smallest absolute Gasteiger partial charge is 0.213 e. The second-order valence-electron chi connectivity index (χ2n) is 6.08. The van der Waals surface area contributed by atoms with Gasteiger partial charge in [-0.15, -0.1) is 0 Å². The fourth-order valence-electron chi connectivity index (χ4n) is 3.66. The van der Waals surface area contributed by atoms with Gasteiger partial charge in [-0.05, 0) is 29.8 Å². The number of hydrogen-bond donors (Lipinski definition) is 0. The van der Waals surface area contributed by atoms with Crippen LogP contribution in [0.3, 0.4) is 0 Å². The molecular weight excluding hydrogens is 280 g/mol. The molecule has 0 unspecified atom stereocenters. The minimum absolute atomic E-state index is 0.985. The first-order chi connectivity index (χ1) is 11.4. The van der Waals surface area contributed by atoms with E-state index < -0.39 is 0 Å². The maximum atomic E-state index is 2.43. The molecule has 2 aliphatic rings. The first-order valence-electron chi connectivity index (χ1n) is 8.08. The highest BCUT2D eigenvalue weighted by molar-refractivity contribution is 5.81. The summed E-state index contributed by atoms with van der Waals surface area (Å²) in [6, 6.07) is 21.7. The average molecular weight is 297 g/mol. The first-order valence-corrected chi connectivity index (χ1v) is 8.08. The van der Waals surface area contributed by atoms with E-state index in [0.29, 0.717) is 0 Å². The predicted molar refractivity (Wildman–Crippen MR) is 94.9 cm³/mol. The van der Waals surface area contributed by atoms with Gasteiger partial charge in [0.1, 0.15) is 0 Å². The summed E-state index contributed by atoms with van der Waals surface area (Å²) in [7, 11) is 0. The molecule has 0 bridgehead atoms. The van der Waals surface area contributed by atoms with Crippen LogP contribution in [0.25, 0.3) is 23.1 Å². The molecule has 2 nitrogen and oxygen atoms in total. The van der Waals surface area contributed by atoms with Crippen molar-refractivity contribution in [2.45, 2.75) is 6.54 Å². The number of nitrogens with zero attached hydrogens (tertiary/aromatic N) is 2. The van der Waals surface area contributed by atoms with E-state index in [9.17, 15) is 0 Å². The molecule has 0 fully saturated rings. The molecule has 1 aromatic heterocycles. The molecule has 3 aromatic rings. The Labute approximate surface area is 135 Å². The maximum Gasteiger partial charge on any atom is 0.213 e. The van der Waals surface area contributed by atoms with Gasteiger partial charge >= 0.3 is 0 Å². The number of anilines is 1. The Kier molecular flexibility index (Phi) is 2.65. The second kappa shape index (κ2) is 4.82. The molecular formula is C21H17N2+. The van der Waals surface area contributed by atoms with Gasteiger partial charge < -0.3 is 4.90 Å². The highest BCUT2D eigenvalue weighted by atomic mass is 15.2. The van der Waals surface area contributed by atoms with Gasteiger partial charge in [0, 0.05) is 35.0 Å². The van der Waals surface area contributed by atoms with E-state index in [0.717, 1.165) is 13.1 Å². The summed E-state index contributed by atoms with van der Waals surface area (Å²) in [6.45, 7) is 1.97. The van der Waals surface area contributed by atoms with Crippen LogP contribution in [0.4, 0.5) is 5.69 Å². The topological polar surface area (TPSA) is 7.12 Å². The number of para-hydroxylation sites is 2. The molecule has 3 heterocycles. The number of allylic oxidation sites excluding steroid dienone is 1. The van der Waals surface area contributed by atoms with Gasteiger partial charge in [0.15, 0.2) is 6.54 Å². The van der Waals surface area contributed by atoms with Crippen molar-refractivity contribution in [2.75, 3.05) is 11.4 Å². The third kappa shape index (κ3) is 1.92. The number of aromatic nitrogens is 1. The first kappa shape index (κ1) is 12.7. The Hall–Kier alpha value is -2.87. The van der Waals surface area contributed by atoms with Crippen molar-refractivity contribution in [3.63, 3.8) is 0 Å². The van der Waals surface area contributed by atoms with Crippen LogP contribution >= 0.6 is 0 Å². The SMILES string of the molecule is C1=Cc2ccccc2N2CC[n+]3c(ccc4ccccc43)C=C12. The van der Waals surface area contributed by atoms with Crippen LogP contribution in [0, 0.1) is 0 Å². The van der Waals surface area contributed by atoms with Gasteiger partial charge in [0.25, 0.3) is 0 Å². The lowest BCUT2D eigenvalue weighted by molar-refractivity contribution is -0.669. The van der Waals surface area contributed by atoms with Crippen molar-refractivity contribution < 1.29 is 4.57 Å². The molecule has 23 heavy (non-hydrogen) atoms. The van der Waals surface area contributed by atoms with Gasteiger partial charge in [0.05, 0.1) is 6.54 Å². The standard InChI is InChI=1S/C21H17N2/c1-3-7-20-16(5-1)9-11-18-15-19-12-10-17-6-2-4-8-21(17)23(19)14-13-22(18)20/h1-12,15H,13-14H2/q+1. The third-order valence-electron chi connectivity index (χ3n) is 4.79. The molecule has 0 saturated heterocycles. The summed E-state index contributed by atoms with van der Waals surface area (Å²) < 4.78 is 2.43. The number of pyridine rings is 1. The summed E-state index contributed by atoms with van der Waals surface area (Å²) in [4.78, 5) is 2.43. The fraction of sp³-hybridized carbons (Fsp3) is 0.0952.